The SMILES string of the molecule is C=C1C=C[C@@H]([C@@]2(C)CCCC2(C)C)C[C@@H]1O. The molecular weight excluding hydrogens is 196 g/mol. The van der Waals surface area contributed by atoms with E-state index in [-0.39, 0.29) is 6.10 Å². The van der Waals surface area contributed by atoms with Crippen LogP contribution in [0.4, 0.5) is 0 Å². The zero-order chi connectivity index (χ0) is 12.0. The van der Waals surface area contributed by atoms with Crippen LogP contribution in [-0.4, -0.2) is 11.2 Å². The van der Waals surface area contributed by atoms with E-state index in [1.807, 2.05) is 6.08 Å². The summed E-state index contributed by atoms with van der Waals surface area (Å²) in [4.78, 5) is 0. The molecule has 0 saturated heterocycles. The monoisotopic (exact) mass is 220 g/mol. The zero-order valence-corrected chi connectivity index (χ0v) is 10.8. The van der Waals surface area contributed by atoms with Crippen molar-refractivity contribution in [2.45, 2.75) is 52.6 Å². The molecule has 1 saturated carbocycles. The average Bonchev–Trinajstić information content (AvgIpc) is 2.47. The highest BCUT2D eigenvalue weighted by Gasteiger charge is 2.49. The van der Waals surface area contributed by atoms with Gasteiger partial charge in [-0.05, 0) is 41.6 Å². The number of allylic oxidation sites excluding steroid dienone is 1. The Morgan fingerprint density at radius 3 is 2.50 bits per heavy atom. The second kappa shape index (κ2) is 3.73. The molecule has 0 aromatic heterocycles. The maximum Gasteiger partial charge on any atom is 0.0790 e. The summed E-state index contributed by atoms with van der Waals surface area (Å²) in [5.74, 6) is 0.505. The van der Waals surface area contributed by atoms with Crippen molar-refractivity contribution in [2.75, 3.05) is 0 Å². The van der Waals surface area contributed by atoms with Gasteiger partial charge in [-0.3, -0.25) is 0 Å². The lowest BCUT2D eigenvalue weighted by molar-refractivity contribution is 0.0473. The molecule has 2 aliphatic rings. The van der Waals surface area contributed by atoms with Gasteiger partial charge in [-0.2, -0.15) is 0 Å². The van der Waals surface area contributed by atoms with E-state index in [1.165, 1.54) is 19.3 Å². The smallest absolute Gasteiger partial charge is 0.0790 e. The molecule has 0 aliphatic heterocycles. The van der Waals surface area contributed by atoms with E-state index >= 15 is 0 Å². The quantitative estimate of drug-likeness (QED) is 0.714. The lowest BCUT2D eigenvalue weighted by Gasteiger charge is -2.45. The van der Waals surface area contributed by atoms with E-state index < -0.39 is 0 Å². The van der Waals surface area contributed by atoms with Crippen molar-refractivity contribution in [3.05, 3.63) is 24.3 Å². The average molecular weight is 220 g/mol. The van der Waals surface area contributed by atoms with Gasteiger partial charge in [0.05, 0.1) is 6.10 Å². The van der Waals surface area contributed by atoms with Gasteiger partial charge in [-0.1, -0.05) is 45.9 Å². The summed E-state index contributed by atoms with van der Waals surface area (Å²) in [6, 6.07) is 0. The van der Waals surface area contributed by atoms with Crippen LogP contribution in [0.15, 0.2) is 24.3 Å². The minimum atomic E-state index is -0.330. The fourth-order valence-corrected chi connectivity index (χ4v) is 3.50. The minimum Gasteiger partial charge on any atom is -0.388 e. The fraction of sp³-hybridized carbons (Fsp3) is 0.733. The van der Waals surface area contributed by atoms with Gasteiger partial charge in [-0.15, -0.1) is 0 Å². The molecule has 0 amide bonds. The van der Waals surface area contributed by atoms with Crippen LogP contribution < -0.4 is 0 Å². The van der Waals surface area contributed by atoms with Gasteiger partial charge in [0.15, 0.2) is 0 Å². The van der Waals surface area contributed by atoms with Gasteiger partial charge in [0.1, 0.15) is 0 Å². The second-order valence-corrected chi connectivity index (χ2v) is 6.45. The fourth-order valence-electron chi connectivity index (χ4n) is 3.50. The molecule has 0 spiro atoms. The Hall–Kier alpha value is -0.560. The normalized spacial score (nSPS) is 42.6. The van der Waals surface area contributed by atoms with E-state index in [0.29, 0.717) is 16.7 Å². The summed E-state index contributed by atoms with van der Waals surface area (Å²) >= 11 is 0. The Morgan fingerprint density at radius 2 is 2.00 bits per heavy atom. The van der Waals surface area contributed by atoms with Crippen LogP contribution in [0.25, 0.3) is 0 Å². The van der Waals surface area contributed by atoms with Crippen LogP contribution >= 0.6 is 0 Å². The van der Waals surface area contributed by atoms with Crippen LogP contribution in [0.3, 0.4) is 0 Å². The van der Waals surface area contributed by atoms with Gasteiger partial charge < -0.3 is 5.11 Å². The lowest BCUT2D eigenvalue weighted by atomic mass is 9.59. The van der Waals surface area contributed by atoms with E-state index in [1.54, 1.807) is 0 Å². The third-order valence-electron chi connectivity index (χ3n) is 5.31. The van der Waals surface area contributed by atoms with E-state index in [2.05, 4.69) is 33.4 Å². The van der Waals surface area contributed by atoms with Gasteiger partial charge >= 0.3 is 0 Å². The van der Waals surface area contributed by atoms with Crippen molar-refractivity contribution >= 4 is 0 Å². The highest BCUT2D eigenvalue weighted by molar-refractivity contribution is 5.25. The first-order chi connectivity index (χ1) is 7.37. The molecule has 0 bridgehead atoms. The number of hydrogen-bond donors (Lipinski definition) is 1. The molecule has 16 heavy (non-hydrogen) atoms. The molecule has 1 N–H and O–H groups in total. The summed E-state index contributed by atoms with van der Waals surface area (Å²) in [5, 5.41) is 9.94. The molecule has 1 nitrogen and oxygen atoms in total. The Bertz CT molecular complexity index is 326. The van der Waals surface area contributed by atoms with Crippen LogP contribution in [-0.2, 0) is 0 Å². The summed E-state index contributed by atoms with van der Waals surface area (Å²) < 4.78 is 0. The largest absolute Gasteiger partial charge is 0.388 e. The van der Waals surface area contributed by atoms with E-state index in [4.69, 9.17) is 0 Å². The molecule has 1 heteroatoms. The predicted molar refractivity (Wildman–Crippen MR) is 68.1 cm³/mol. The molecule has 0 heterocycles. The maximum atomic E-state index is 9.94. The number of aliphatic hydroxyl groups is 1. The molecule has 3 atom stereocenters. The van der Waals surface area contributed by atoms with Gasteiger partial charge in [0.25, 0.3) is 0 Å². The molecule has 0 aromatic carbocycles. The van der Waals surface area contributed by atoms with Gasteiger partial charge in [0.2, 0.25) is 0 Å². The number of hydrogen-bond acceptors (Lipinski definition) is 1. The third-order valence-corrected chi connectivity index (χ3v) is 5.31. The van der Waals surface area contributed by atoms with Crippen molar-refractivity contribution in [3.63, 3.8) is 0 Å². The molecular formula is C15H24O. The number of aliphatic hydroxyl groups excluding tert-OH is 1. The van der Waals surface area contributed by atoms with E-state index in [9.17, 15) is 5.11 Å². The van der Waals surface area contributed by atoms with Crippen molar-refractivity contribution in [3.8, 4) is 0 Å². The molecule has 1 fully saturated rings. The summed E-state index contributed by atoms with van der Waals surface area (Å²) in [7, 11) is 0. The first-order valence-electron chi connectivity index (χ1n) is 6.42. The molecule has 2 rings (SSSR count). The molecule has 0 aromatic rings. The predicted octanol–water partition coefficient (Wildman–Crippen LogP) is 3.70. The molecule has 0 unspecified atom stereocenters. The number of rotatable bonds is 1. The minimum absolute atomic E-state index is 0.330. The van der Waals surface area contributed by atoms with Crippen LogP contribution in [0.1, 0.15) is 46.5 Å². The summed E-state index contributed by atoms with van der Waals surface area (Å²) in [6.07, 6.45) is 8.75. The van der Waals surface area contributed by atoms with Crippen molar-refractivity contribution in [1.29, 1.82) is 0 Å². The van der Waals surface area contributed by atoms with Crippen molar-refractivity contribution in [2.24, 2.45) is 16.7 Å². The molecule has 2 aliphatic carbocycles. The summed E-state index contributed by atoms with van der Waals surface area (Å²) in [6.45, 7) is 11.0. The van der Waals surface area contributed by atoms with Gasteiger partial charge in [-0.25, -0.2) is 0 Å². The molecule has 0 radical (unpaired) electrons. The van der Waals surface area contributed by atoms with Crippen LogP contribution in [0.5, 0.6) is 0 Å². The van der Waals surface area contributed by atoms with Crippen LogP contribution in [0.2, 0.25) is 0 Å². The van der Waals surface area contributed by atoms with Crippen molar-refractivity contribution in [1.82, 2.24) is 0 Å². The first-order valence-corrected chi connectivity index (χ1v) is 6.42. The maximum absolute atomic E-state index is 9.94. The van der Waals surface area contributed by atoms with E-state index in [0.717, 1.165) is 12.0 Å². The zero-order valence-electron chi connectivity index (χ0n) is 10.8. The first kappa shape index (κ1) is 11.9. The Labute approximate surface area is 99.3 Å². The Balaban J connectivity index is 2.25. The molecule has 90 valence electrons. The Kier molecular flexibility index (Phi) is 2.78. The lowest BCUT2D eigenvalue weighted by Crippen LogP contribution is -2.39. The Morgan fingerprint density at radius 1 is 1.31 bits per heavy atom. The second-order valence-electron chi connectivity index (χ2n) is 6.45. The van der Waals surface area contributed by atoms with Crippen molar-refractivity contribution < 1.29 is 5.11 Å². The highest BCUT2D eigenvalue weighted by atomic mass is 16.3. The third kappa shape index (κ3) is 1.66. The topological polar surface area (TPSA) is 20.2 Å². The standard InChI is InChI=1S/C15H24O/c1-11-6-7-12(10-13(11)16)15(4)9-5-8-14(15,2)3/h6-7,12-13,16H,1,5,8-10H2,2-4H3/t12-,13+,15-/m1/s1. The highest BCUT2D eigenvalue weighted by Crippen LogP contribution is 2.58. The summed E-state index contributed by atoms with van der Waals surface area (Å²) in [5.41, 5.74) is 1.60. The van der Waals surface area contributed by atoms with Crippen LogP contribution in [0, 0.1) is 16.7 Å². The van der Waals surface area contributed by atoms with Gasteiger partial charge in [0, 0.05) is 0 Å².